The van der Waals surface area contributed by atoms with E-state index in [0.29, 0.717) is 17.3 Å². The summed E-state index contributed by atoms with van der Waals surface area (Å²) in [6, 6.07) is 15.8. The molecule has 30 heavy (non-hydrogen) atoms. The highest BCUT2D eigenvalue weighted by Crippen LogP contribution is 2.51. The third-order valence-electron chi connectivity index (χ3n) is 5.58. The average Bonchev–Trinajstić information content (AvgIpc) is 3.45. The summed E-state index contributed by atoms with van der Waals surface area (Å²) in [5.74, 6) is 0.783. The Morgan fingerprint density at radius 1 is 0.933 bits per heavy atom. The van der Waals surface area contributed by atoms with Gasteiger partial charge < -0.3 is 19.9 Å². The van der Waals surface area contributed by atoms with E-state index in [1.54, 1.807) is 36.5 Å². The number of nitrogens with one attached hydrogen (secondary N) is 1. The molecule has 0 spiro atoms. The summed E-state index contributed by atoms with van der Waals surface area (Å²) in [4.78, 5) is 28.3. The summed E-state index contributed by atoms with van der Waals surface area (Å²) >= 11 is 0. The lowest BCUT2D eigenvalue weighted by atomic mass is 9.94. The van der Waals surface area contributed by atoms with E-state index < -0.39 is 11.4 Å². The van der Waals surface area contributed by atoms with Crippen LogP contribution in [0.25, 0.3) is 11.1 Å². The van der Waals surface area contributed by atoms with Crippen LogP contribution in [-0.2, 0) is 10.2 Å². The number of carbonyl (C=O) groups is 2. The number of carbonyl (C=O) groups excluding carboxylic acids is 1. The maximum absolute atomic E-state index is 13.0. The van der Waals surface area contributed by atoms with E-state index in [1.807, 2.05) is 24.3 Å². The van der Waals surface area contributed by atoms with Gasteiger partial charge in [0, 0.05) is 11.8 Å². The van der Waals surface area contributed by atoms with Gasteiger partial charge in [-0.2, -0.15) is 0 Å². The Bertz CT molecular complexity index is 1140. The van der Waals surface area contributed by atoms with Crippen molar-refractivity contribution in [3.05, 3.63) is 71.9 Å². The second-order valence-electron chi connectivity index (χ2n) is 7.42. The number of hydrogen-bond acceptors (Lipinski definition) is 5. The second-order valence-corrected chi connectivity index (χ2v) is 7.42. The average molecular weight is 402 g/mol. The van der Waals surface area contributed by atoms with Gasteiger partial charge in [-0.15, -0.1) is 0 Å². The van der Waals surface area contributed by atoms with Gasteiger partial charge in [-0.05, 0) is 60.4 Å². The van der Waals surface area contributed by atoms with Gasteiger partial charge in [-0.25, -0.2) is 9.78 Å². The number of nitrogens with zero attached hydrogens (tertiary/aromatic N) is 1. The zero-order valence-electron chi connectivity index (χ0n) is 15.9. The van der Waals surface area contributed by atoms with E-state index in [-0.39, 0.29) is 18.3 Å². The standard InChI is InChI=1S/C23H18N2O5/c26-21(27)15-3-1-14(2-4-15)16-5-8-20(24-12-16)25-22(28)23(9-10-23)17-6-7-18-19(11-17)30-13-29-18/h1-8,11-12H,9-10,13H2,(H,26,27)(H,24,25,28). The first-order chi connectivity index (χ1) is 14.5. The van der Waals surface area contributed by atoms with Gasteiger partial charge in [0.1, 0.15) is 5.82 Å². The van der Waals surface area contributed by atoms with E-state index in [4.69, 9.17) is 14.6 Å². The number of pyridine rings is 1. The molecule has 2 aromatic carbocycles. The molecule has 2 N–H and O–H groups in total. The molecular weight excluding hydrogens is 384 g/mol. The van der Waals surface area contributed by atoms with Gasteiger partial charge in [-0.1, -0.05) is 18.2 Å². The Morgan fingerprint density at radius 2 is 1.67 bits per heavy atom. The first-order valence-corrected chi connectivity index (χ1v) is 9.57. The predicted molar refractivity (Wildman–Crippen MR) is 109 cm³/mol. The van der Waals surface area contributed by atoms with Gasteiger partial charge in [0.15, 0.2) is 11.5 Å². The first-order valence-electron chi connectivity index (χ1n) is 9.57. The number of aromatic carboxylic acids is 1. The van der Waals surface area contributed by atoms with Gasteiger partial charge in [0.2, 0.25) is 12.7 Å². The SMILES string of the molecule is O=C(O)c1ccc(-c2ccc(NC(=O)C3(c4ccc5c(c4)OCO5)CC3)nc2)cc1. The van der Waals surface area contributed by atoms with Crippen molar-refractivity contribution < 1.29 is 24.2 Å². The molecule has 5 rings (SSSR count). The Kier molecular flexibility index (Phi) is 4.17. The second kappa shape index (κ2) is 6.88. The number of fused-ring (bicyclic) bond motifs is 1. The Hall–Kier alpha value is -3.87. The van der Waals surface area contributed by atoms with Crippen molar-refractivity contribution in [1.29, 1.82) is 0 Å². The molecular formula is C23H18N2O5. The molecule has 150 valence electrons. The van der Waals surface area contributed by atoms with Crippen LogP contribution in [-0.4, -0.2) is 28.8 Å². The summed E-state index contributed by atoms with van der Waals surface area (Å²) < 4.78 is 10.8. The minimum atomic E-state index is -0.964. The number of anilines is 1. The Morgan fingerprint density at radius 3 is 2.33 bits per heavy atom. The number of rotatable bonds is 5. The molecule has 2 aliphatic rings. The highest BCUT2D eigenvalue weighted by Gasteiger charge is 2.51. The minimum Gasteiger partial charge on any atom is -0.478 e. The van der Waals surface area contributed by atoms with Crippen molar-refractivity contribution >= 4 is 17.7 Å². The molecule has 1 aliphatic carbocycles. The Balaban J connectivity index is 1.31. The maximum Gasteiger partial charge on any atom is 0.335 e. The molecule has 7 nitrogen and oxygen atoms in total. The molecule has 1 aromatic heterocycles. The quantitative estimate of drug-likeness (QED) is 0.673. The van der Waals surface area contributed by atoms with Crippen LogP contribution in [0.2, 0.25) is 0 Å². The van der Waals surface area contributed by atoms with Crippen LogP contribution in [0.3, 0.4) is 0 Å². The molecule has 1 saturated carbocycles. The van der Waals surface area contributed by atoms with Gasteiger partial charge >= 0.3 is 5.97 Å². The van der Waals surface area contributed by atoms with Crippen LogP contribution in [0, 0.1) is 0 Å². The smallest absolute Gasteiger partial charge is 0.335 e. The zero-order chi connectivity index (χ0) is 20.7. The van der Waals surface area contributed by atoms with Crippen LogP contribution in [0.4, 0.5) is 5.82 Å². The number of ether oxygens (including phenoxy) is 2. The monoisotopic (exact) mass is 402 g/mol. The summed E-state index contributed by atoms with van der Waals surface area (Å²) in [6.45, 7) is 0.202. The summed E-state index contributed by atoms with van der Waals surface area (Å²) in [7, 11) is 0. The maximum atomic E-state index is 13.0. The van der Waals surface area contributed by atoms with E-state index in [9.17, 15) is 9.59 Å². The van der Waals surface area contributed by atoms with E-state index in [0.717, 1.165) is 29.5 Å². The molecule has 2 heterocycles. The van der Waals surface area contributed by atoms with Crippen molar-refractivity contribution in [2.24, 2.45) is 0 Å². The van der Waals surface area contributed by atoms with Crippen LogP contribution >= 0.6 is 0 Å². The fourth-order valence-corrected chi connectivity index (χ4v) is 3.65. The van der Waals surface area contributed by atoms with Crippen LogP contribution in [0.5, 0.6) is 11.5 Å². The minimum absolute atomic E-state index is 0.0903. The van der Waals surface area contributed by atoms with Crippen molar-refractivity contribution in [1.82, 2.24) is 4.98 Å². The van der Waals surface area contributed by atoms with Crippen molar-refractivity contribution in [3.8, 4) is 22.6 Å². The fraction of sp³-hybridized carbons (Fsp3) is 0.174. The number of benzene rings is 2. The van der Waals surface area contributed by atoms with E-state index in [2.05, 4.69) is 10.3 Å². The third kappa shape index (κ3) is 3.14. The lowest BCUT2D eigenvalue weighted by molar-refractivity contribution is -0.118. The van der Waals surface area contributed by atoms with Crippen LogP contribution < -0.4 is 14.8 Å². The third-order valence-corrected chi connectivity index (χ3v) is 5.58. The van der Waals surface area contributed by atoms with E-state index >= 15 is 0 Å². The lowest BCUT2D eigenvalue weighted by Crippen LogP contribution is -2.28. The zero-order valence-corrected chi connectivity index (χ0v) is 15.9. The lowest BCUT2D eigenvalue weighted by Gasteiger charge is -2.16. The van der Waals surface area contributed by atoms with Crippen molar-refractivity contribution in [2.45, 2.75) is 18.3 Å². The first kappa shape index (κ1) is 18.2. The molecule has 7 heteroatoms. The fourth-order valence-electron chi connectivity index (χ4n) is 3.65. The number of carboxylic acids is 1. The number of hydrogen-bond donors (Lipinski definition) is 2. The highest BCUT2D eigenvalue weighted by molar-refractivity contribution is 6.01. The largest absolute Gasteiger partial charge is 0.478 e. The summed E-state index contributed by atoms with van der Waals surface area (Å²) in [5, 5.41) is 11.9. The molecule has 3 aromatic rings. The molecule has 0 radical (unpaired) electrons. The number of aromatic nitrogens is 1. The molecule has 1 amide bonds. The highest BCUT2D eigenvalue weighted by atomic mass is 16.7. The molecule has 1 fully saturated rings. The Labute approximate surface area is 172 Å². The van der Waals surface area contributed by atoms with Crippen LogP contribution in [0.1, 0.15) is 28.8 Å². The van der Waals surface area contributed by atoms with Crippen LogP contribution in [0.15, 0.2) is 60.8 Å². The molecule has 0 unspecified atom stereocenters. The van der Waals surface area contributed by atoms with E-state index in [1.165, 1.54) is 0 Å². The summed E-state index contributed by atoms with van der Waals surface area (Å²) in [5.41, 5.74) is 2.27. The summed E-state index contributed by atoms with van der Waals surface area (Å²) in [6.07, 6.45) is 3.20. The molecule has 0 atom stereocenters. The van der Waals surface area contributed by atoms with Gasteiger partial charge in [0.25, 0.3) is 0 Å². The normalized spacial score (nSPS) is 15.5. The molecule has 0 saturated heterocycles. The van der Waals surface area contributed by atoms with Gasteiger partial charge in [0.05, 0.1) is 11.0 Å². The van der Waals surface area contributed by atoms with Crippen molar-refractivity contribution in [2.75, 3.05) is 12.1 Å². The number of carboxylic acid groups (broad SMARTS) is 1. The predicted octanol–water partition coefficient (Wildman–Crippen LogP) is 3.85. The topological polar surface area (TPSA) is 97.8 Å². The number of amides is 1. The van der Waals surface area contributed by atoms with Crippen molar-refractivity contribution in [3.63, 3.8) is 0 Å². The molecule has 0 bridgehead atoms. The van der Waals surface area contributed by atoms with Gasteiger partial charge in [-0.3, -0.25) is 4.79 Å². The molecule has 1 aliphatic heterocycles.